The smallest absolute Gasteiger partial charge is 0.339 e. The van der Waals surface area contributed by atoms with E-state index in [1.807, 2.05) is 5.32 Å². The normalized spacial score (nSPS) is 22.1. The van der Waals surface area contributed by atoms with Crippen LogP contribution in [-0.2, 0) is 0 Å². The highest BCUT2D eigenvalue weighted by atomic mass is 19.4. The van der Waals surface area contributed by atoms with Crippen molar-refractivity contribution < 1.29 is 18.5 Å². The second-order valence-corrected chi connectivity index (χ2v) is 3.21. The molecular weight excluding hydrogens is 191 g/mol. The Kier molecular flexibility index (Phi) is 3.16. The van der Waals surface area contributed by atoms with E-state index < -0.39 is 11.7 Å². The molecule has 4 heteroatoms. The topological polar surface area (TPSA) is 16.6 Å². The number of hydrogen-bond donors (Lipinski definition) is 1. The molecule has 0 aromatic heterocycles. The minimum absolute atomic E-state index is 0.590. The van der Waals surface area contributed by atoms with E-state index in [0.29, 0.717) is 18.7 Å². The van der Waals surface area contributed by atoms with E-state index in [1.165, 1.54) is 13.0 Å². The van der Waals surface area contributed by atoms with Gasteiger partial charge in [-0.15, -0.1) is 0 Å². The number of hydrogen-bond acceptors (Lipinski definition) is 0. The van der Waals surface area contributed by atoms with Crippen molar-refractivity contribution in [3.8, 4) is 0 Å². The molecular formula is C10H13F3N+. The maximum absolute atomic E-state index is 12.3. The molecule has 1 fully saturated rings. The van der Waals surface area contributed by atoms with E-state index in [1.54, 1.807) is 0 Å². The summed E-state index contributed by atoms with van der Waals surface area (Å²) < 4.78 is 37.0. The van der Waals surface area contributed by atoms with Crippen LogP contribution < -0.4 is 5.32 Å². The highest BCUT2D eigenvalue weighted by Crippen LogP contribution is 2.28. The van der Waals surface area contributed by atoms with Gasteiger partial charge in [-0.3, -0.25) is 0 Å². The van der Waals surface area contributed by atoms with Gasteiger partial charge >= 0.3 is 6.18 Å². The Bertz CT molecular complexity index is 297. The summed E-state index contributed by atoms with van der Waals surface area (Å²) >= 11 is 0. The van der Waals surface area contributed by atoms with Crippen molar-refractivity contribution in [1.82, 2.24) is 0 Å². The van der Waals surface area contributed by atoms with E-state index in [-0.39, 0.29) is 0 Å². The predicted molar refractivity (Wildman–Crippen MR) is 48.7 cm³/mol. The number of halogens is 3. The molecule has 0 amide bonds. The Morgan fingerprint density at radius 2 is 2.07 bits per heavy atom. The molecule has 1 nitrogen and oxygen atoms in total. The first-order chi connectivity index (χ1) is 6.45. The summed E-state index contributed by atoms with van der Waals surface area (Å²) in [5.41, 5.74) is 0.882. The van der Waals surface area contributed by atoms with Gasteiger partial charge in [0.2, 0.25) is 0 Å². The fourth-order valence-electron chi connectivity index (χ4n) is 1.35. The standard InChI is InChI=1S/C10H12F3N/c1-3-9(10(11,12)13)4-8-6-14-5-7(8)2/h3-4,14H,2,5-6H2,1H3/p+1/b8-4-,9-3+. The molecule has 0 radical (unpaired) electrons. The quantitative estimate of drug-likeness (QED) is 0.667. The lowest BCUT2D eigenvalue weighted by Crippen LogP contribution is -2.81. The molecule has 0 aromatic carbocycles. The molecule has 1 aliphatic heterocycles. The van der Waals surface area contributed by atoms with Gasteiger partial charge < -0.3 is 5.32 Å². The van der Waals surface area contributed by atoms with Gasteiger partial charge in [-0.1, -0.05) is 12.7 Å². The van der Waals surface area contributed by atoms with Gasteiger partial charge in [0.15, 0.2) is 0 Å². The number of allylic oxidation sites excluding steroid dienone is 3. The van der Waals surface area contributed by atoms with Gasteiger partial charge in [-0.2, -0.15) is 13.2 Å². The van der Waals surface area contributed by atoms with Crippen molar-refractivity contribution in [2.24, 2.45) is 0 Å². The number of rotatable bonds is 1. The number of alkyl halides is 3. The Labute approximate surface area is 81.0 Å². The maximum Gasteiger partial charge on any atom is 0.416 e. The molecule has 0 atom stereocenters. The first kappa shape index (κ1) is 11.0. The minimum atomic E-state index is -4.26. The van der Waals surface area contributed by atoms with Gasteiger partial charge in [0.1, 0.15) is 13.1 Å². The van der Waals surface area contributed by atoms with E-state index >= 15 is 0 Å². The van der Waals surface area contributed by atoms with Gasteiger partial charge in [0.25, 0.3) is 0 Å². The Balaban J connectivity index is 2.89. The molecule has 1 aliphatic rings. The molecule has 78 valence electrons. The third-order valence-corrected chi connectivity index (χ3v) is 2.18. The third kappa shape index (κ3) is 2.48. The van der Waals surface area contributed by atoms with Crippen LogP contribution in [0.25, 0.3) is 0 Å². The molecule has 2 N–H and O–H groups in total. The van der Waals surface area contributed by atoms with Crippen molar-refractivity contribution in [3.63, 3.8) is 0 Å². The number of nitrogens with two attached hydrogens (primary N) is 1. The van der Waals surface area contributed by atoms with E-state index in [2.05, 4.69) is 6.58 Å². The van der Waals surface area contributed by atoms with Crippen molar-refractivity contribution in [1.29, 1.82) is 0 Å². The average molecular weight is 204 g/mol. The van der Waals surface area contributed by atoms with Gasteiger partial charge in [0, 0.05) is 11.1 Å². The highest BCUT2D eigenvalue weighted by Gasteiger charge is 2.32. The van der Waals surface area contributed by atoms with Gasteiger partial charge in [0.05, 0.1) is 5.57 Å². The molecule has 0 spiro atoms. The Hall–Kier alpha value is -1.03. The lowest BCUT2D eigenvalue weighted by molar-refractivity contribution is -0.628. The van der Waals surface area contributed by atoms with Crippen LogP contribution in [0.5, 0.6) is 0 Å². The van der Waals surface area contributed by atoms with Crippen LogP contribution in [0.3, 0.4) is 0 Å². The third-order valence-electron chi connectivity index (χ3n) is 2.18. The van der Waals surface area contributed by atoms with Crippen LogP contribution in [0.15, 0.2) is 35.5 Å². The second kappa shape index (κ2) is 4.00. The summed E-state index contributed by atoms with van der Waals surface area (Å²) in [5.74, 6) is 0. The van der Waals surface area contributed by atoms with Crippen LogP contribution in [0.2, 0.25) is 0 Å². The van der Waals surface area contributed by atoms with Crippen molar-refractivity contribution in [2.45, 2.75) is 13.1 Å². The molecule has 0 aliphatic carbocycles. The fourth-order valence-corrected chi connectivity index (χ4v) is 1.35. The van der Waals surface area contributed by atoms with Crippen LogP contribution >= 0.6 is 0 Å². The first-order valence-corrected chi connectivity index (χ1v) is 4.39. The zero-order valence-electron chi connectivity index (χ0n) is 7.99. The molecule has 0 aromatic rings. The van der Waals surface area contributed by atoms with Crippen molar-refractivity contribution >= 4 is 0 Å². The molecule has 14 heavy (non-hydrogen) atoms. The van der Waals surface area contributed by atoms with E-state index in [0.717, 1.165) is 11.6 Å². The SMILES string of the molecule is C=C1C[NH2+]C/C1=C/C(=C\C)C(F)(F)F. The fraction of sp³-hybridized carbons (Fsp3) is 0.400. The average Bonchev–Trinajstić information content (AvgIpc) is 2.45. The molecule has 1 saturated heterocycles. The van der Waals surface area contributed by atoms with Crippen LogP contribution in [-0.4, -0.2) is 19.3 Å². The summed E-state index contributed by atoms with van der Waals surface area (Å²) in [7, 11) is 0. The summed E-state index contributed by atoms with van der Waals surface area (Å²) in [6.45, 7) is 6.39. The molecule has 0 bridgehead atoms. The summed E-state index contributed by atoms with van der Waals surface area (Å²) in [5, 5.41) is 1.93. The lowest BCUT2D eigenvalue weighted by atomic mass is 10.1. The molecule has 1 heterocycles. The van der Waals surface area contributed by atoms with Crippen molar-refractivity contribution in [3.05, 3.63) is 35.5 Å². The molecule has 0 unspecified atom stereocenters. The summed E-state index contributed by atoms with van der Waals surface area (Å²) in [6.07, 6.45) is -1.99. The highest BCUT2D eigenvalue weighted by molar-refractivity contribution is 5.39. The Morgan fingerprint density at radius 3 is 2.43 bits per heavy atom. The monoisotopic (exact) mass is 204 g/mol. The predicted octanol–water partition coefficient (Wildman–Crippen LogP) is 1.55. The van der Waals surface area contributed by atoms with Gasteiger partial charge in [-0.25, -0.2) is 0 Å². The van der Waals surface area contributed by atoms with E-state index in [9.17, 15) is 13.2 Å². The Morgan fingerprint density at radius 1 is 1.43 bits per heavy atom. The maximum atomic E-state index is 12.3. The van der Waals surface area contributed by atoms with Crippen LogP contribution in [0, 0.1) is 0 Å². The minimum Gasteiger partial charge on any atom is -0.339 e. The van der Waals surface area contributed by atoms with Crippen LogP contribution in [0.4, 0.5) is 13.2 Å². The largest absolute Gasteiger partial charge is 0.416 e. The zero-order chi connectivity index (χ0) is 10.8. The molecule has 0 saturated carbocycles. The second-order valence-electron chi connectivity index (χ2n) is 3.21. The molecule has 1 rings (SSSR count). The summed E-state index contributed by atoms with van der Waals surface area (Å²) in [6, 6.07) is 0. The lowest BCUT2D eigenvalue weighted by Gasteiger charge is -2.07. The first-order valence-electron chi connectivity index (χ1n) is 4.39. The van der Waals surface area contributed by atoms with E-state index in [4.69, 9.17) is 0 Å². The van der Waals surface area contributed by atoms with Crippen molar-refractivity contribution in [2.75, 3.05) is 13.1 Å². The zero-order valence-corrected chi connectivity index (χ0v) is 7.99. The van der Waals surface area contributed by atoms with Crippen LogP contribution in [0.1, 0.15) is 6.92 Å². The number of quaternary nitrogens is 1. The summed E-state index contributed by atoms with van der Waals surface area (Å²) in [4.78, 5) is 0. The van der Waals surface area contributed by atoms with Gasteiger partial charge in [-0.05, 0) is 13.0 Å².